The predicted octanol–water partition coefficient (Wildman–Crippen LogP) is 4.30. The van der Waals surface area contributed by atoms with Crippen LogP contribution >= 0.6 is 23.1 Å². The van der Waals surface area contributed by atoms with Gasteiger partial charge in [-0.15, -0.1) is 28.1 Å². The van der Waals surface area contributed by atoms with Crippen LogP contribution in [-0.4, -0.2) is 25.9 Å². The maximum absolute atomic E-state index is 12.4. The first kappa shape index (κ1) is 19.4. The smallest absolute Gasteiger partial charge is 0.233 e. The Morgan fingerprint density at radius 1 is 1.37 bits per heavy atom. The maximum atomic E-state index is 12.4. The van der Waals surface area contributed by atoms with Gasteiger partial charge in [-0.25, -0.2) is 0 Å². The zero-order valence-electron chi connectivity index (χ0n) is 15.4. The summed E-state index contributed by atoms with van der Waals surface area (Å²) in [7, 11) is 0. The third-order valence-corrected chi connectivity index (χ3v) is 5.93. The molecular formula is C20H22N4OS2. The van der Waals surface area contributed by atoms with E-state index in [0.29, 0.717) is 18.2 Å². The summed E-state index contributed by atoms with van der Waals surface area (Å²) in [6.07, 6.45) is 1.81. The molecule has 0 radical (unpaired) electrons. The second-order valence-corrected chi connectivity index (χ2v) is 8.47. The zero-order chi connectivity index (χ0) is 19.2. The van der Waals surface area contributed by atoms with Crippen molar-refractivity contribution in [3.63, 3.8) is 0 Å². The summed E-state index contributed by atoms with van der Waals surface area (Å²) in [5.41, 5.74) is 2.17. The van der Waals surface area contributed by atoms with E-state index in [-0.39, 0.29) is 11.2 Å². The van der Waals surface area contributed by atoms with E-state index in [1.165, 1.54) is 11.8 Å². The molecule has 140 valence electrons. The van der Waals surface area contributed by atoms with Crippen LogP contribution in [0, 0.1) is 6.92 Å². The molecule has 1 aromatic carbocycles. The summed E-state index contributed by atoms with van der Waals surface area (Å²) < 4.78 is 2.00. The maximum Gasteiger partial charge on any atom is 0.233 e. The number of hydrogen-bond acceptors (Lipinski definition) is 5. The predicted molar refractivity (Wildman–Crippen MR) is 112 cm³/mol. The summed E-state index contributed by atoms with van der Waals surface area (Å²) in [6.45, 7) is 8.91. The molecule has 0 spiro atoms. The number of hydrogen-bond donors (Lipinski definition) is 1. The number of thioether (sulfide) groups is 1. The normalized spacial score (nSPS) is 11.9. The van der Waals surface area contributed by atoms with Crippen LogP contribution in [0.15, 0.2) is 59.6 Å². The van der Waals surface area contributed by atoms with Crippen molar-refractivity contribution in [2.75, 3.05) is 0 Å². The van der Waals surface area contributed by atoms with Gasteiger partial charge in [0.1, 0.15) is 0 Å². The van der Waals surface area contributed by atoms with Gasteiger partial charge < -0.3 is 5.32 Å². The van der Waals surface area contributed by atoms with Crippen molar-refractivity contribution < 1.29 is 4.79 Å². The van der Waals surface area contributed by atoms with Crippen molar-refractivity contribution in [2.45, 2.75) is 37.3 Å². The molecule has 0 saturated carbocycles. The van der Waals surface area contributed by atoms with E-state index in [0.717, 1.165) is 21.8 Å². The van der Waals surface area contributed by atoms with Crippen LogP contribution in [0.2, 0.25) is 0 Å². The van der Waals surface area contributed by atoms with E-state index in [9.17, 15) is 4.79 Å². The van der Waals surface area contributed by atoms with Crippen LogP contribution in [0.4, 0.5) is 0 Å². The van der Waals surface area contributed by atoms with Gasteiger partial charge in [-0.3, -0.25) is 9.36 Å². The van der Waals surface area contributed by atoms with E-state index >= 15 is 0 Å². The van der Waals surface area contributed by atoms with Gasteiger partial charge in [-0.2, -0.15) is 0 Å². The van der Waals surface area contributed by atoms with Crippen molar-refractivity contribution >= 4 is 29.0 Å². The van der Waals surface area contributed by atoms with Gasteiger partial charge in [0.05, 0.1) is 11.8 Å². The third kappa shape index (κ3) is 4.87. The minimum atomic E-state index is -0.275. The van der Waals surface area contributed by atoms with E-state index in [1.54, 1.807) is 11.3 Å². The lowest BCUT2D eigenvalue weighted by molar-refractivity contribution is -0.120. The number of aromatic nitrogens is 3. The second kappa shape index (κ2) is 9.01. The molecular weight excluding hydrogens is 376 g/mol. The Labute approximate surface area is 167 Å². The minimum Gasteiger partial charge on any atom is -0.350 e. The largest absolute Gasteiger partial charge is 0.350 e. The highest BCUT2D eigenvalue weighted by Crippen LogP contribution is 2.27. The standard InChI is InChI=1S/C20H22N4OS2/c1-4-10-24-18(16-8-5-7-14(2)12-16)22-23-20(24)27-15(3)19(25)21-13-17-9-6-11-26-17/h4-9,11-12,15H,1,10,13H2,2-3H3,(H,21,25). The van der Waals surface area contributed by atoms with Gasteiger partial charge in [0.25, 0.3) is 0 Å². The first-order valence-corrected chi connectivity index (χ1v) is 10.4. The number of allylic oxidation sites excluding steroid dienone is 1. The molecule has 1 N–H and O–H groups in total. The third-order valence-electron chi connectivity index (χ3n) is 3.97. The second-order valence-electron chi connectivity index (χ2n) is 6.13. The fraction of sp³-hybridized carbons (Fsp3) is 0.250. The zero-order valence-corrected chi connectivity index (χ0v) is 17.0. The first-order chi connectivity index (χ1) is 13.1. The van der Waals surface area contributed by atoms with Crippen molar-refractivity contribution in [3.05, 3.63) is 64.9 Å². The van der Waals surface area contributed by atoms with Crippen LogP contribution in [-0.2, 0) is 17.9 Å². The number of amides is 1. The minimum absolute atomic E-state index is 0.0151. The molecule has 0 bridgehead atoms. The quantitative estimate of drug-likeness (QED) is 0.454. The molecule has 27 heavy (non-hydrogen) atoms. The van der Waals surface area contributed by atoms with E-state index < -0.39 is 0 Å². The van der Waals surface area contributed by atoms with Gasteiger partial charge in [-0.1, -0.05) is 47.7 Å². The van der Waals surface area contributed by atoms with Crippen LogP contribution < -0.4 is 5.32 Å². The van der Waals surface area contributed by atoms with Gasteiger partial charge in [0.2, 0.25) is 5.91 Å². The molecule has 0 fully saturated rings. The van der Waals surface area contributed by atoms with E-state index in [1.807, 2.05) is 60.2 Å². The summed E-state index contributed by atoms with van der Waals surface area (Å²) >= 11 is 3.04. The highest BCUT2D eigenvalue weighted by Gasteiger charge is 2.20. The van der Waals surface area contributed by atoms with Crippen LogP contribution in [0.25, 0.3) is 11.4 Å². The molecule has 2 aromatic heterocycles. The lowest BCUT2D eigenvalue weighted by Crippen LogP contribution is -2.30. The summed E-state index contributed by atoms with van der Waals surface area (Å²) in [5, 5.41) is 14.1. The Kier molecular flexibility index (Phi) is 6.47. The Morgan fingerprint density at radius 2 is 2.22 bits per heavy atom. The molecule has 7 heteroatoms. The average Bonchev–Trinajstić information content (AvgIpc) is 3.30. The van der Waals surface area contributed by atoms with Crippen molar-refractivity contribution in [2.24, 2.45) is 0 Å². The number of carbonyl (C=O) groups is 1. The summed E-state index contributed by atoms with van der Waals surface area (Å²) in [4.78, 5) is 13.6. The molecule has 2 heterocycles. The molecule has 5 nitrogen and oxygen atoms in total. The van der Waals surface area contributed by atoms with Gasteiger partial charge in [0.15, 0.2) is 11.0 Å². The lowest BCUT2D eigenvalue weighted by atomic mass is 10.1. The van der Waals surface area contributed by atoms with E-state index in [4.69, 9.17) is 0 Å². The molecule has 1 atom stereocenters. The Morgan fingerprint density at radius 3 is 2.93 bits per heavy atom. The van der Waals surface area contributed by atoms with Gasteiger partial charge in [0, 0.05) is 17.0 Å². The molecule has 0 aliphatic rings. The molecule has 0 aliphatic carbocycles. The fourth-order valence-corrected chi connectivity index (χ4v) is 4.14. The average molecular weight is 399 g/mol. The van der Waals surface area contributed by atoms with Gasteiger partial charge in [-0.05, 0) is 31.4 Å². The fourth-order valence-electron chi connectivity index (χ4n) is 2.61. The first-order valence-electron chi connectivity index (χ1n) is 8.66. The SMILES string of the molecule is C=CCn1c(SC(C)C(=O)NCc2cccs2)nnc1-c1cccc(C)c1. The highest BCUT2D eigenvalue weighted by atomic mass is 32.2. The molecule has 3 aromatic rings. The Hall–Kier alpha value is -2.38. The van der Waals surface area contributed by atoms with E-state index in [2.05, 4.69) is 28.2 Å². The number of benzene rings is 1. The van der Waals surface area contributed by atoms with Crippen molar-refractivity contribution in [1.29, 1.82) is 0 Å². The van der Waals surface area contributed by atoms with Crippen LogP contribution in [0.5, 0.6) is 0 Å². The number of nitrogens with one attached hydrogen (secondary N) is 1. The number of thiophene rings is 1. The molecule has 0 saturated heterocycles. The Balaban J connectivity index is 1.73. The number of aryl methyl sites for hydroxylation is 1. The molecule has 1 amide bonds. The number of rotatable bonds is 8. The monoisotopic (exact) mass is 398 g/mol. The Bertz CT molecular complexity index is 918. The molecule has 0 aliphatic heterocycles. The topological polar surface area (TPSA) is 59.8 Å². The highest BCUT2D eigenvalue weighted by molar-refractivity contribution is 8.00. The number of carbonyl (C=O) groups excluding carboxylic acids is 1. The van der Waals surface area contributed by atoms with Crippen LogP contribution in [0.3, 0.4) is 0 Å². The van der Waals surface area contributed by atoms with Crippen molar-refractivity contribution in [3.8, 4) is 11.4 Å². The van der Waals surface area contributed by atoms with Gasteiger partial charge >= 0.3 is 0 Å². The summed E-state index contributed by atoms with van der Waals surface area (Å²) in [5.74, 6) is 0.769. The lowest BCUT2D eigenvalue weighted by Gasteiger charge is -2.12. The molecule has 3 rings (SSSR count). The van der Waals surface area contributed by atoms with Crippen LogP contribution in [0.1, 0.15) is 17.4 Å². The number of nitrogens with zero attached hydrogens (tertiary/aromatic N) is 3. The van der Waals surface area contributed by atoms with Crippen molar-refractivity contribution in [1.82, 2.24) is 20.1 Å². The summed E-state index contributed by atoms with van der Waals surface area (Å²) in [6, 6.07) is 12.1. The molecule has 1 unspecified atom stereocenters.